The Balaban J connectivity index is 1.93. The molecule has 2 heteroatoms. The molecule has 70 valence electrons. The molecule has 2 heterocycles. The van der Waals surface area contributed by atoms with E-state index < -0.39 is 0 Å². The van der Waals surface area contributed by atoms with Gasteiger partial charge in [0.1, 0.15) is 5.82 Å². The molecule has 1 fully saturated rings. The van der Waals surface area contributed by atoms with Crippen molar-refractivity contribution in [3.05, 3.63) is 17.7 Å². The zero-order valence-electron chi connectivity index (χ0n) is 8.16. The standard InChI is InChI=1S/C11H16N2/c1-8-4-5-13-7-10(9-2-3-9)12-11(13)6-8/h7-9H,2-6H2,1H3. The Morgan fingerprint density at radius 3 is 3.00 bits per heavy atom. The van der Waals surface area contributed by atoms with Gasteiger partial charge in [-0.1, -0.05) is 6.92 Å². The van der Waals surface area contributed by atoms with Crippen molar-refractivity contribution in [3.63, 3.8) is 0 Å². The van der Waals surface area contributed by atoms with E-state index in [1.807, 2.05) is 0 Å². The van der Waals surface area contributed by atoms with Crippen LogP contribution in [-0.4, -0.2) is 9.55 Å². The highest BCUT2D eigenvalue weighted by Crippen LogP contribution is 2.39. The minimum atomic E-state index is 0.813. The summed E-state index contributed by atoms with van der Waals surface area (Å²) in [4.78, 5) is 4.73. The van der Waals surface area contributed by atoms with Crippen LogP contribution in [0.4, 0.5) is 0 Å². The third kappa shape index (κ3) is 1.28. The fourth-order valence-corrected chi connectivity index (χ4v) is 2.18. The number of fused-ring (bicyclic) bond motifs is 1. The molecule has 0 amide bonds. The predicted octanol–water partition coefficient (Wildman–Crippen LogP) is 2.34. The van der Waals surface area contributed by atoms with E-state index in [0.29, 0.717) is 0 Å². The molecule has 0 aromatic carbocycles. The Morgan fingerprint density at radius 1 is 1.38 bits per heavy atom. The molecule has 2 nitrogen and oxygen atoms in total. The summed E-state index contributed by atoms with van der Waals surface area (Å²) in [5.74, 6) is 2.98. The summed E-state index contributed by atoms with van der Waals surface area (Å²) in [5.41, 5.74) is 1.36. The van der Waals surface area contributed by atoms with Crippen LogP contribution < -0.4 is 0 Å². The van der Waals surface area contributed by atoms with Gasteiger partial charge in [0.15, 0.2) is 0 Å². The second kappa shape index (κ2) is 2.60. The number of hydrogen-bond donors (Lipinski definition) is 0. The summed E-state index contributed by atoms with van der Waals surface area (Å²) in [7, 11) is 0. The number of hydrogen-bond acceptors (Lipinski definition) is 1. The molecule has 1 aliphatic carbocycles. The number of nitrogens with zero attached hydrogens (tertiary/aromatic N) is 2. The van der Waals surface area contributed by atoms with Gasteiger partial charge in [0, 0.05) is 25.1 Å². The van der Waals surface area contributed by atoms with E-state index in [1.165, 1.54) is 43.7 Å². The maximum Gasteiger partial charge on any atom is 0.109 e. The number of aromatic nitrogens is 2. The average Bonchev–Trinajstić information content (AvgIpc) is 2.87. The van der Waals surface area contributed by atoms with Gasteiger partial charge in [-0.2, -0.15) is 0 Å². The Hall–Kier alpha value is -0.790. The van der Waals surface area contributed by atoms with Gasteiger partial charge in [0.2, 0.25) is 0 Å². The molecule has 2 aliphatic rings. The summed E-state index contributed by atoms with van der Waals surface area (Å²) >= 11 is 0. The van der Waals surface area contributed by atoms with Gasteiger partial charge in [-0.25, -0.2) is 4.98 Å². The molecule has 0 N–H and O–H groups in total. The third-order valence-electron chi connectivity index (χ3n) is 3.27. The number of rotatable bonds is 1. The van der Waals surface area contributed by atoms with Crippen molar-refractivity contribution in [2.75, 3.05) is 0 Å². The quantitative estimate of drug-likeness (QED) is 0.642. The molecule has 0 bridgehead atoms. The van der Waals surface area contributed by atoms with E-state index in [2.05, 4.69) is 17.7 Å². The average molecular weight is 176 g/mol. The summed E-state index contributed by atoms with van der Waals surface area (Å²) in [5, 5.41) is 0. The van der Waals surface area contributed by atoms with E-state index in [4.69, 9.17) is 4.98 Å². The van der Waals surface area contributed by atoms with Crippen molar-refractivity contribution in [1.82, 2.24) is 9.55 Å². The summed E-state index contributed by atoms with van der Waals surface area (Å²) in [6.45, 7) is 3.52. The maximum absolute atomic E-state index is 4.73. The van der Waals surface area contributed by atoms with Crippen LogP contribution in [0.5, 0.6) is 0 Å². The molecule has 1 unspecified atom stereocenters. The van der Waals surface area contributed by atoms with E-state index in [9.17, 15) is 0 Å². The van der Waals surface area contributed by atoms with Crippen LogP contribution in [0.25, 0.3) is 0 Å². The first kappa shape index (κ1) is 7.60. The molecular weight excluding hydrogens is 160 g/mol. The minimum absolute atomic E-state index is 0.813. The molecule has 3 rings (SSSR count). The molecule has 1 aliphatic heterocycles. The second-order valence-electron chi connectivity index (χ2n) is 4.65. The Labute approximate surface area is 79.0 Å². The van der Waals surface area contributed by atoms with Gasteiger partial charge in [-0.05, 0) is 25.2 Å². The van der Waals surface area contributed by atoms with Crippen molar-refractivity contribution in [2.24, 2.45) is 5.92 Å². The number of imidazole rings is 1. The van der Waals surface area contributed by atoms with Crippen molar-refractivity contribution < 1.29 is 0 Å². The van der Waals surface area contributed by atoms with Crippen LogP contribution in [0.15, 0.2) is 6.20 Å². The first-order chi connectivity index (χ1) is 6.33. The molecule has 1 aromatic heterocycles. The van der Waals surface area contributed by atoms with E-state index in [0.717, 1.165) is 11.8 Å². The predicted molar refractivity (Wildman–Crippen MR) is 51.7 cm³/mol. The van der Waals surface area contributed by atoms with Gasteiger partial charge in [0.25, 0.3) is 0 Å². The summed E-state index contributed by atoms with van der Waals surface area (Å²) in [6, 6.07) is 0. The Bertz CT molecular complexity index is 323. The van der Waals surface area contributed by atoms with E-state index in [-0.39, 0.29) is 0 Å². The lowest BCUT2D eigenvalue weighted by Gasteiger charge is -2.18. The van der Waals surface area contributed by atoms with Crippen molar-refractivity contribution in [3.8, 4) is 0 Å². The highest BCUT2D eigenvalue weighted by atomic mass is 15.1. The molecular formula is C11H16N2. The van der Waals surface area contributed by atoms with Crippen LogP contribution in [0.1, 0.15) is 43.6 Å². The van der Waals surface area contributed by atoms with Gasteiger partial charge >= 0.3 is 0 Å². The summed E-state index contributed by atoms with van der Waals surface area (Å²) < 4.78 is 2.37. The van der Waals surface area contributed by atoms with E-state index in [1.54, 1.807) is 0 Å². The smallest absolute Gasteiger partial charge is 0.109 e. The van der Waals surface area contributed by atoms with Crippen LogP contribution in [0.2, 0.25) is 0 Å². The topological polar surface area (TPSA) is 17.8 Å². The third-order valence-corrected chi connectivity index (χ3v) is 3.27. The number of aryl methyl sites for hydroxylation is 1. The highest BCUT2D eigenvalue weighted by Gasteiger charge is 2.28. The first-order valence-corrected chi connectivity index (χ1v) is 5.39. The zero-order chi connectivity index (χ0) is 8.84. The Morgan fingerprint density at radius 2 is 2.23 bits per heavy atom. The summed E-state index contributed by atoms with van der Waals surface area (Å²) in [6.07, 6.45) is 7.54. The highest BCUT2D eigenvalue weighted by molar-refractivity contribution is 5.15. The van der Waals surface area contributed by atoms with Gasteiger partial charge < -0.3 is 4.57 Å². The fourth-order valence-electron chi connectivity index (χ4n) is 2.18. The zero-order valence-corrected chi connectivity index (χ0v) is 8.16. The van der Waals surface area contributed by atoms with Crippen molar-refractivity contribution >= 4 is 0 Å². The van der Waals surface area contributed by atoms with Gasteiger partial charge in [-0.15, -0.1) is 0 Å². The van der Waals surface area contributed by atoms with Gasteiger partial charge in [0.05, 0.1) is 5.69 Å². The van der Waals surface area contributed by atoms with Crippen LogP contribution >= 0.6 is 0 Å². The Kier molecular flexibility index (Phi) is 1.52. The van der Waals surface area contributed by atoms with E-state index >= 15 is 0 Å². The molecule has 1 atom stereocenters. The SMILES string of the molecule is CC1CCn2cc(C3CC3)nc2C1. The maximum atomic E-state index is 4.73. The monoisotopic (exact) mass is 176 g/mol. The second-order valence-corrected chi connectivity index (χ2v) is 4.65. The normalized spacial score (nSPS) is 27.3. The molecule has 0 radical (unpaired) electrons. The molecule has 1 saturated carbocycles. The molecule has 0 saturated heterocycles. The van der Waals surface area contributed by atoms with Crippen molar-refractivity contribution in [2.45, 2.75) is 45.1 Å². The van der Waals surface area contributed by atoms with Gasteiger partial charge in [-0.3, -0.25) is 0 Å². The van der Waals surface area contributed by atoms with Crippen molar-refractivity contribution in [1.29, 1.82) is 0 Å². The molecule has 0 spiro atoms. The van der Waals surface area contributed by atoms with Crippen LogP contribution in [0, 0.1) is 5.92 Å². The molecule has 13 heavy (non-hydrogen) atoms. The lowest BCUT2D eigenvalue weighted by Crippen LogP contribution is -2.16. The van der Waals surface area contributed by atoms with Crippen LogP contribution in [0.3, 0.4) is 0 Å². The lowest BCUT2D eigenvalue weighted by atomic mass is 10.0. The molecule has 1 aromatic rings. The lowest BCUT2D eigenvalue weighted by molar-refractivity contribution is 0.409. The largest absolute Gasteiger partial charge is 0.335 e. The van der Waals surface area contributed by atoms with Crippen LogP contribution in [-0.2, 0) is 13.0 Å². The first-order valence-electron chi connectivity index (χ1n) is 5.39. The minimum Gasteiger partial charge on any atom is -0.335 e. The fraction of sp³-hybridized carbons (Fsp3) is 0.727.